The van der Waals surface area contributed by atoms with Crippen LogP contribution in [0.1, 0.15) is 11.8 Å². The fraction of sp³-hybridized carbons (Fsp3) is 0.111. The average Bonchev–Trinajstić information content (AvgIpc) is 3.61. The maximum atomic E-state index is 13.7. The number of nitro groups is 1. The first-order valence-corrected chi connectivity index (χ1v) is 12.3. The SMILES string of the molecule is O=C1[C@@H]2[C@@H](ON(c3ccccc3)[C@H]2c2ccc(-c3cc(Cl)ccc3Cl)o2)C(=O)N1c1ccc([N+](=O)[O-])cc1. The summed E-state index contributed by atoms with van der Waals surface area (Å²) in [4.78, 5) is 44.8. The Morgan fingerprint density at radius 3 is 2.29 bits per heavy atom. The van der Waals surface area contributed by atoms with E-state index in [2.05, 4.69) is 0 Å². The molecule has 2 saturated heterocycles. The quantitative estimate of drug-likeness (QED) is 0.165. The van der Waals surface area contributed by atoms with Crippen molar-refractivity contribution in [1.29, 1.82) is 0 Å². The number of carbonyl (C=O) groups is 2. The molecule has 3 heterocycles. The highest BCUT2D eigenvalue weighted by Gasteiger charge is 2.61. The lowest BCUT2D eigenvalue weighted by molar-refractivity contribution is -0.384. The van der Waals surface area contributed by atoms with Crippen molar-refractivity contribution in [1.82, 2.24) is 0 Å². The van der Waals surface area contributed by atoms with Crippen molar-refractivity contribution >= 4 is 52.1 Å². The van der Waals surface area contributed by atoms with Gasteiger partial charge in [0.2, 0.25) is 5.91 Å². The van der Waals surface area contributed by atoms with Gasteiger partial charge in [-0.25, -0.2) is 9.96 Å². The second kappa shape index (κ2) is 9.29. The number of para-hydroxylation sites is 1. The number of carbonyl (C=O) groups excluding carboxylic acids is 2. The summed E-state index contributed by atoms with van der Waals surface area (Å²) in [7, 11) is 0. The third kappa shape index (κ3) is 3.92. The number of non-ortho nitro benzene ring substituents is 1. The number of rotatable bonds is 5. The normalized spacial score (nSPS) is 20.7. The monoisotopic (exact) mass is 549 g/mol. The van der Waals surface area contributed by atoms with Gasteiger partial charge in [0, 0.05) is 22.7 Å². The molecule has 11 heteroatoms. The maximum absolute atomic E-state index is 13.7. The van der Waals surface area contributed by atoms with Crippen molar-refractivity contribution in [2.75, 3.05) is 9.96 Å². The number of imide groups is 1. The van der Waals surface area contributed by atoms with E-state index in [-0.39, 0.29) is 11.4 Å². The molecule has 0 bridgehead atoms. The molecule has 190 valence electrons. The molecule has 1 aromatic heterocycles. The maximum Gasteiger partial charge on any atom is 0.269 e. The van der Waals surface area contributed by atoms with Gasteiger partial charge in [0.25, 0.3) is 11.6 Å². The molecule has 0 radical (unpaired) electrons. The first-order chi connectivity index (χ1) is 18.3. The van der Waals surface area contributed by atoms with E-state index in [9.17, 15) is 19.7 Å². The van der Waals surface area contributed by atoms with E-state index >= 15 is 0 Å². The fourth-order valence-corrected chi connectivity index (χ4v) is 5.21. The lowest BCUT2D eigenvalue weighted by atomic mass is 9.94. The summed E-state index contributed by atoms with van der Waals surface area (Å²) < 4.78 is 6.19. The van der Waals surface area contributed by atoms with Crippen molar-refractivity contribution < 1.29 is 23.8 Å². The van der Waals surface area contributed by atoms with Gasteiger partial charge in [0.05, 0.1) is 21.3 Å². The second-order valence-electron chi connectivity index (χ2n) is 8.77. The summed E-state index contributed by atoms with van der Waals surface area (Å²) in [6.45, 7) is 0. The smallest absolute Gasteiger partial charge is 0.269 e. The van der Waals surface area contributed by atoms with Gasteiger partial charge in [0.15, 0.2) is 6.10 Å². The number of hydroxylamine groups is 1. The van der Waals surface area contributed by atoms with Gasteiger partial charge >= 0.3 is 0 Å². The van der Waals surface area contributed by atoms with Gasteiger partial charge in [-0.2, -0.15) is 0 Å². The summed E-state index contributed by atoms with van der Waals surface area (Å²) in [6, 6.07) is 21.9. The zero-order valence-corrected chi connectivity index (χ0v) is 20.9. The molecule has 4 aromatic rings. The van der Waals surface area contributed by atoms with Crippen LogP contribution >= 0.6 is 23.2 Å². The molecule has 2 fully saturated rings. The number of hydrogen-bond acceptors (Lipinski definition) is 7. The summed E-state index contributed by atoms with van der Waals surface area (Å²) in [5.41, 5.74) is 1.28. The number of halogens is 2. The van der Waals surface area contributed by atoms with E-state index < -0.39 is 34.8 Å². The minimum Gasteiger partial charge on any atom is -0.459 e. The largest absolute Gasteiger partial charge is 0.459 e. The Balaban J connectivity index is 1.41. The third-order valence-corrected chi connectivity index (χ3v) is 7.12. The molecule has 0 unspecified atom stereocenters. The summed E-state index contributed by atoms with van der Waals surface area (Å²) in [5.74, 6) is -1.18. The van der Waals surface area contributed by atoms with Crippen molar-refractivity contribution in [3.8, 4) is 11.3 Å². The van der Waals surface area contributed by atoms with Gasteiger partial charge in [-0.15, -0.1) is 0 Å². The fourth-order valence-electron chi connectivity index (χ4n) is 4.82. The van der Waals surface area contributed by atoms with Crippen molar-refractivity contribution in [2.24, 2.45) is 5.92 Å². The molecule has 0 N–H and O–H groups in total. The minimum absolute atomic E-state index is 0.153. The number of hydrogen-bond donors (Lipinski definition) is 0. The van der Waals surface area contributed by atoms with Crippen LogP contribution in [-0.4, -0.2) is 22.8 Å². The summed E-state index contributed by atoms with van der Waals surface area (Å²) in [6.07, 6.45) is -1.12. The molecule has 38 heavy (non-hydrogen) atoms. The van der Waals surface area contributed by atoms with Crippen LogP contribution in [0.15, 0.2) is 89.3 Å². The van der Waals surface area contributed by atoms with Crippen LogP contribution in [0.4, 0.5) is 17.1 Å². The van der Waals surface area contributed by atoms with E-state index in [1.165, 1.54) is 29.3 Å². The van der Waals surface area contributed by atoms with Crippen LogP contribution in [0.3, 0.4) is 0 Å². The van der Waals surface area contributed by atoms with Crippen molar-refractivity contribution in [2.45, 2.75) is 12.1 Å². The Hall–Kier alpha value is -4.18. The third-order valence-electron chi connectivity index (χ3n) is 6.56. The first-order valence-electron chi connectivity index (χ1n) is 11.5. The van der Waals surface area contributed by atoms with Crippen LogP contribution in [-0.2, 0) is 14.4 Å². The lowest BCUT2D eigenvalue weighted by Crippen LogP contribution is -2.37. The van der Waals surface area contributed by atoms with Crippen LogP contribution in [0, 0.1) is 16.0 Å². The Kier molecular flexibility index (Phi) is 5.91. The number of nitro benzene ring substituents is 1. The van der Waals surface area contributed by atoms with Crippen molar-refractivity contribution in [3.05, 3.63) is 111 Å². The predicted molar refractivity (Wildman–Crippen MR) is 140 cm³/mol. The zero-order chi connectivity index (χ0) is 26.6. The Bertz CT molecular complexity index is 1570. The average molecular weight is 550 g/mol. The van der Waals surface area contributed by atoms with E-state index in [0.29, 0.717) is 32.8 Å². The van der Waals surface area contributed by atoms with Crippen LogP contribution in [0.2, 0.25) is 10.0 Å². The first kappa shape index (κ1) is 24.2. The highest BCUT2D eigenvalue weighted by molar-refractivity contribution is 6.35. The Labute approximate surface area is 225 Å². The van der Waals surface area contributed by atoms with E-state index in [4.69, 9.17) is 32.5 Å². The predicted octanol–water partition coefficient (Wildman–Crippen LogP) is 6.21. The topological polar surface area (TPSA) is 106 Å². The highest BCUT2D eigenvalue weighted by Crippen LogP contribution is 2.48. The number of fused-ring (bicyclic) bond motifs is 1. The van der Waals surface area contributed by atoms with Gasteiger partial charge in [-0.05, 0) is 54.6 Å². The number of anilines is 2. The molecule has 2 aliphatic rings. The molecule has 0 aliphatic carbocycles. The second-order valence-corrected chi connectivity index (χ2v) is 9.61. The molecule has 6 rings (SSSR count). The Morgan fingerprint density at radius 1 is 0.842 bits per heavy atom. The van der Waals surface area contributed by atoms with Gasteiger partial charge in [0.1, 0.15) is 23.5 Å². The lowest BCUT2D eigenvalue weighted by Gasteiger charge is -2.27. The molecule has 3 atom stereocenters. The molecule has 0 saturated carbocycles. The standard InChI is InChI=1S/C27H17Cl2N3O6/c28-15-6-11-20(29)19(14-15)21-12-13-22(37-21)24-23-25(38-31(24)17-4-2-1-3-5-17)27(34)30(26(23)33)16-7-9-18(10-8-16)32(35)36/h1-14,23-25H/t23-,24-,25+/m0/s1. The molecular weight excluding hydrogens is 533 g/mol. The van der Waals surface area contributed by atoms with Gasteiger partial charge in [-0.3, -0.25) is 24.5 Å². The number of nitrogens with zero attached hydrogens (tertiary/aromatic N) is 3. The van der Waals surface area contributed by atoms with Crippen molar-refractivity contribution in [3.63, 3.8) is 0 Å². The van der Waals surface area contributed by atoms with E-state index in [1.807, 2.05) is 18.2 Å². The minimum atomic E-state index is -1.12. The number of amides is 2. The molecule has 9 nitrogen and oxygen atoms in total. The zero-order valence-electron chi connectivity index (χ0n) is 19.4. The summed E-state index contributed by atoms with van der Waals surface area (Å²) in [5, 5.41) is 13.5. The Morgan fingerprint density at radius 2 is 1.58 bits per heavy atom. The van der Waals surface area contributed by atoms with Gasteiger partial charge in [-0.1, -0.05) is 41.4 Å². The molecule has 2 aliphatic heterocycles. The highest BCUT2D eigenvalue weighted by atomic mass is 35.5. The molecule has 2 amide bonds. The summed E-state index contributed by atoms with van der Waals surface area (Å²) >= 11 is 12.5. The van der Waals surface area contributed by atoms with E-state index in [0.717, 1.165) is 4.90 Å². The molecule has 3 aromatic carbocycles. The number of furan rings is 1. The van der Waals surface area contributed by atoms with Crippen LogP contribution in [0.25, 0.3) is 11.3 Å². The van der Waals surface area contributed by atoms with Gasteiger partial charge < -0.3 is 4.42 Å². The molecule has 0 spiro atoms. The van der Waals surface area contributed by atoms with Crippen LogP contribution < -0.4 is 9.96 Å². The van der Waals surface area contributed by atoms with Crippen LogP contribution in [0.5, 0.6) is 0 Å². The molecular formula is C27H17Cl2N3O6. The number of benzene rings is 3. The van der Waals surface area contributed by atoms with E-state index in [1.54, 1.807) is 42.5 Å².